The van der Waals surface area contributed by atoms with Crippen molar-refractivity contribution in [2.24, 2.45) is 0 Å². The molecular formula is C9H13N2OS2+. The van der Waals surface area contributed by atoms with Crippen LogP contribution in [0.5, 0.6) is 0 Å². The molecule has 0 aliphatic carbocycles. The van der Waals surface area contributed by atoms with Gasteiger partial charge < -0.3 is 4.90 Å². The van der Waals surface area contributed by atoms with E-state index in [-0.39, 0.29) is 5.91 Å². The van der Waals surface area contributed by atoms with E-state index in [2.05, 4.69) is 0 Å². The Kier molecular flexibility index (Phi) is 3.42. The lowest BCUT2D eigenvalue weighted by Crippen LogP contribution is -2.46. The Balaban J connectivity index is 1.88. The first kappa shape index (κ1) is 9.98. The van der Waals surface area contributed by atoms with E-state index >= 15 is 0 Å². The lowest BCUT2D eigenvalue weighted by Gasteiger charge is -2.24. The monoisotopic (exact) mass is 229 g/mol. The number of nitrogens with zero attached hydrogens (tertiary/aromatic N) is 2. The van der Waals surface area contributed by atoms with Crippen LogP contribution in [0.2, 0.25) is 0 Å². The van der Waals surface area contributed by atoms with Crippen molar-refractivity contribution in [3.63, 3.8) is 0 Å². The third-order valence-electron chi connectivity index (χ3n) is 2.21. The molecule has 5 heteroatoms. The lowest BCUT2D eigenvalue weighted by atomic mass is 10.4. The van der Waals surface area contributed by atoms with Crippen molar-refractivity contribution in [2.75, 3.05) is 24.6 Å². The number of hydrogen-bond acceptors (Lipinski definition) is 3. The minimum Gasteiger partial charge on any atom is -0.336 e. The minimum atomic E-state index is 0.244. The lowest BCUT2D eigenvalue weighted by molar-refractivity contribution is -0.680. The van der Waals surface area contributed by atoms with E-state index in [0.29, 0.717) is 6.54 Å². The van der Waals surface area contributed by atoms with Crippen LogP contribution in [0.4, 0.5) is 0 Å². The molecule has 0 bridgehead atoms. The van der Waals surface area contributed by atoms with Crippen LogP contribution in [-0.4, -0.2) is 35.4 Å². The maximum absolute atomic E-state index is 11.8. The van der Waals surface area contributed by atoms with Gasteiger partial charge in [0.2, 0.25) is 12.1 Å². The van der Waals surface area contributed by atoms with Crippen molar-refractivity contribution in [3.05, 3.63) is 17.1 Å². The number of aromatic nitrogens is 1. The van der Waals surface area contributed by atoms with Crippen LogP contribution in [0.3, 0.4) is 0 Å². The zero-order chi connectivity index (χ0) is 9.80. The molecule has 0 atom stereocenters. The summed E-state index contributed by atoms with van der Waals surface area (Å²) < 4.78 is 1.94. The first-order valence-electron chi connectivity index (χ1n) is 4.63. The highest BCUT2D eigenvalue weighted by molar-refractivity contribution is 7.99. The molecule has 2 heterocycles. The SMILES string of the molecule is O=C(C[n+]1ccsc1)N1CCSCC1. The van der Waals surface area contributed by atoms with Gasteiger partial charge in [-0.05, 0) is 0 Å². The van der Waals surface area contributed by atoms with Gasteiger partial charge in [-0.25, -0.2) is 0 Å². The van der Waals surface area contributed by atoms with E-state index < -0.39 is 0 Å². The Morgan fingerprint density at radius 2 is 2.21 bits per heavy atom. The van der Waals surface area contributed by atoms with Crippen molar-refractivity contribution in [3.8, 4) is 0 Å². The van der Waals surface area contributed by atoms with Gasteiger partial charge in [-0.3, -0.25) is 4.79 Å². The molecule has 1 aromatic heterocycles. The maximum atomic E-state index is 11.8. The summed E-state index contributed by atoms with van der Waals surface area (Å²) in [7, 11) is 0. The van der Waals surface area contributed by atoms with E-state index in [1.54, 1.807) is 11.3 Å². The van der Waals surface area contributed by atoms with Gasteiger partial charge in [0.25, 0.3) is 5.91 Å². The number of thiazole rings is 1. The molecule has 1 fully saturated rings. The first-order chi connectivity index (χ1) is 6.86. The molecule has 0 unspecified atom stereocenters. The second kappa shape index (κ2) is 4.79. The van der Waals surface area contributed by atoms with Crippen LogP contribution in [0.25, 0.3) is 0 Å². The zero-order valence-corrected chi connectivity index (χ0v) is 9.52. The van der Waals surface area contributed by atoms with Gasteiger partial charge in [0.1, 0.15) is 0 Å². The average Bonchev–Trinajstić information content (AvgIpc) is 2.72. The smallest absolute Gasteiger partial charge is 0.288 e. The molecule has 1 amide bonds. The van der Waals surface area contributed by atoms with Gasteiger partial charge in [-0.1, -0.05) is 11.3 Å². The van der Waals surface area contributed by atoms with Crippen LogP contribution < -0.4 is 4.57 Å². The van der Waals surface area contributed by atoms with Crippen molar-refractivity contribution in [2.45, 2.75) is 6.54 Å². The molecule has 0 radical (unpaired) electrons. The summed E-state index contributed by atoms with van der Waals surface area (Å²) >= 11 is 3.54. The summed E-state index contributed by atoms with van der Waals surface area (Å²) in [6, 6.07) is 0. The van der Waals surface area contributed by atoms with Crippen LogP contribution in [0, 0.1) is 0 Å². The molecule has 1 saturated heterocycles. The molecule has 1 aliphatic rings. The summed E-state index contributed by atoms with van der Waals surface area (Å²) in [5, 5.41) is 1.99. The minimum absolute atomic E-state index is 0.244. The second-order valence-corrected chi connectivity index (χ2v) is 5.17. The van der Waals surface area contributed by atoms with E-state index in [9.17, 15) is 4.79 Å². The highest BCUT2D eigenvalue weighted by atomic mass is 32.2. The standard InChI is InChI=1S/C9H13N2OS2/c12-9(7-10-1-4-14-8-10)11-2-5-13-6-3-11/h1,4,8H,2-3,5-7H2/q+1. The average molecular weight is 229 g/mol. The van der Waals surface area contributed by atoms with Crippen molar-refractivity contribution < 1.29 is 9.36 Å². The fourth-order valence-electron chi connectivity index (χ4n) is 1.42. The second-order valence-electron chi connectivity index (χ2n) is 3.19. The van der Waals surface area contributed by atoms with E-state index in [4.69, 9.17) is 0 Å². The Morgan fingerprint density at radius 1 is 1.43 bits per heavy atom. The Labute approximate surface area is 91.7 Å². The predicted molar refractivity (Wildman–Crippen MR) is 58.4 cm³/mol. The van der Waals surface area contributed by atoms with Crippen molar-refractivity contribution in [1.82, 2.24) is 4.90 Å². The summed E-state index contributed by atoms with van der Waals surface area (Å²) in [4.78, 5) is 13.7. The van der Waals surface area contributed by atoms with Gasteiger partial charge >= 0.3 is 0 Å². The van der Waals surface area contributed by atoms with Gasteiger partial charge in [-0.15, -0.1) is 0 Å². The predicted octanol–water partition coefficient (Wildman–Crippen LogP) is 0.611. The summed E-state index contributed by atoms with van der Waals surface area (Å²) in [6.45, 7) is 2.32. The number of rotatable bonds is 2. The van der Waals surface area contributed by atoms with Crippen LogP contribution in [0.1, 0.15) is 0 Å². The third-order valence-corrected chi connectivity index (χ3v) is 3.82. The molecule has 3 nitrogen and oxygen atoms in total. The molecule has 0 N–H and O–H groups in total. The number of hydrogen-bond donors (Lipinski definition) is 0. The van der Waals surface area contributed by atoms with Gasteiger partial charge in [-0.2, -0.15) is 16.3 Å². The van der Waals surface area contributed by atoms with Gasteiger partial charge in [0.05, 0.1) is 5.38 Å². The van der Waals surface area contributed by atoms with Gasteiger partial charge in [0, 0.05) is 24.6 Å². The molecule has 76 valence electrons. The normalized spacial score (nSPS) is 17.0. The van der Waals surface area contributed by atoms with Crippen LogP contribution in [-0.2, 0) is 11.3 Å². The molecular weight excluding hydrogens is 216 g/mol. The van der Waals surface area contributed by atoms with E-state index in [1.807, 2.05) is 38.3 Å². The topological polar surface area (TPSA) is 24.2 Å². The van der Waals surface area contributed by atoms with Gasteiger partial charge in [0.15, 0.2) is 6.20 Å². The van der Waals surface area contributed by atoms with Crippen molar-refractivity contribution >= 4 is 29.0 Å². The number of thioether (sulfide) groups is 1. The zero-order valence-electron chi connectivity index (χ0n) is 7.89. The number of amides is 1. The first-order valence-corrected chi connectivity index (χ1v) is 6.73. The number of carbonyl (C=O) groups is 1. The molecule has 0 aromatic carbocycles. The highest BCUT2D eigenvalue weighted by Gasteiger charge is 2.19. The van der Waals surface area contributed by atoms with Crippen LogP contribution >= 0.6 is 23.1 Å². The van der Waals surface area contributed by atoms with Crippen LogP contribution in [0.15, 0.2) is 17.1 Å². The molecule has 1 aromatic rings. The molecule has 14 heavy (non-hydrogen) atoms. The maximum Gasteiger partial charge on any atom is 0.288 e. The Morgan fingerprint density at radius 3 is 2.86 bits per heavy atom. The Hall–Kier alpha value is -0.550. The summed E-state index contributed by atoms with van der Waals surface area (Å²) in [5.41, 5.74) is 1.97. The summed E-state index contributed by atoms with van der Waals surface area (Å²) in [5.74, 6) is 2.41. The highest BCUT2D eigenvalue weighted by Crippen LogP contribution is 2.08. The quantitative estimate of drug-likeness (QED) is 0.694. The van der Waals surface area contributed by atoms with E-state index in [1.165, 1.54) is 0 Å². The van der Waals surface area contributed by atoms with E-state index in [0.717, 1.165) is 24.6 Å². The van der Waals surface area contributed by atoms with Crippen molar-refractivity contribution in [1.29, 1.82) is 0 Å². The summed E-state index contributed by atoms with van der Waals surface area (Å²) in [6.07, 6.45) is 1.95. The fraction of sp³-hybridized carbons (Fsp3) is 0.556. The number of carbonyl (C=O) groups excluding carboxylic acids is 1. The third kappa shape index (κ3) is 2.48. The Bertz CT molecular complexity index is 294. The molecule has 0 saturated carbocycles. The largest absolute Gasteiger partial charge is 0.336 e. The fourth-order valence-corrected chi connectivity index (χ4v) is 2.92. The molecule has 1 aliphatic heterocycles. The molecule has 2 rings (SSSR count). The molecule has 0 spiro atoms.